The van der Waals surface area contributed by atoms with Crippen LogP contribution in [0.2, 0.25) is 0 Å². The van der Waals surface area contributed by atoms with Crippen LogP contribution in [0.25, 0.3) is 0 Å². The van der Waals surface area contributed by atoms with E-state index in [1.54, 1.807) is 24.3 Å². The Kier molecular flexibility index (Phi) is 7.31. The molecule has 0 aliphatic rings. The lowest BCUT2D eigenvalue weighted by Gasteiger charge is -2.19. The van der Waals surface area contributed by atoms with Gasteiger partial charge in [0, 0.05) is 6.42 Å². The van der Waals surface area contributed by atoms with Crippen molar-refractivity contribution in [3.05, 3.63) is 46.5 Å². The SMILES string of the molecule is COc1ccc(N(c2nc(C)c(C(=O)OCCC(C)=C(F)F)s2)S(C)(=O)=O)cc1. The lowest BCUT2D eigenvalue weighted by Crippen LogP contribution is -2.24. The van der Waals surface area contributed by atoms with Gasteiger partial charge in [-0.15, -0.1) is 0 Å². The number of carbonyl (C=O) groups excluding carboxylic acids is 1. The maximum atomic E-state index is 12.4. The number of anilines is 2. The fourth-order valence-electron chi connectivity index (χ4n) is 2.28. The minimum absolute atomic E-state index is 0.0630. The average molecular weight is 446 g/mol. The average Bonchev–Trinajstić information content (AvgIpc) is 3.02. The Morgan fingerprint density at radius 1 is 1.24 bits per heavy atom. The summed E-state index contributed by atoms with van der Waals surface area (Å²) in [6.07, 6.45) is -0.882. The molecule has 2 aromatic rings. The molecule has 1 aromatic carbocycles. The Hall–Kier alpha value is -2.53. The molecule has 0 amide bonds. The molecule has 0 saturated heterocycles. The summed E-state index contributed by atoms with van der Waals surface area (Å²) in [6.45, 7) is 2.57. The van der Waals surface area contributed by atoms with Crippen LogP contribution in [0.5, 0.6) is 5.75 Å². The van der Waals surface area contributed by atoms with E-state index in [0.29, 0.717) is 11.4 Å². The molecule has 0 bridgehead atoms. The highest BCUT2D eigenvalue weighted by Crippen LogP contribution is 2.35. The van der Waals surface area contributed by atoms with Crippen LogP contribution in [0, 0.1) is 6.92 Å². The minimum Gasteiger partial charge on any atom is -0.497 e. The first kappa shape index (κ1) is 22.8. The number of nitrogens with zero attached hydrogens (tertiary/aromatic N) is 2. The van der Waals surface area contributed by atoms with Crippen molar-refractivity contribution in [1.29, 1.82) is 0 Å². The maximum absolute atomic E-state index is 12.4. The third kappa shape index (κ3) is 5.73. The van der Waals surface area contributed by atoms with Crippen molar-refractivity contribution in [2.24, 2.45) is 0 Å². The number of aromatic nitrogens is 1. The van der Waals surface area contributed by atoms with E-state index in [1.165, 1.54) is 21.0 Å². The number of rotatable bonds is 8. The summed E-state index contributed by atoms with van der Waals surface area (Å²) >= 11 is 0.842. The van der Waals surface area contributed by atoms with Crippen LogP contribution >= 0.6 is 11.3 Å². The van der Waals surface area contributed by atoms with Gasteiger partial charge >= 0.3 is 5.97 Å². The highest BCUT2D eigenvalue weighted by Gasteiger charge is 2.26. The number of methoxy groups -OCH3 is 1. The number of ether oxygens (including phenoxy) is 2. The lowest BCUT2D eigenvalue weighted by molar-refractivity contribution is 0.0512. The number of benzene rings is 1. The highest BCUT2D eigenvalue weighted by molar-refractivity contribution is 7.92. The molecule has 0 spiro atoms. The van der Waals surface area contributed by atoms with Gasteiger partial charge in [0.25, 0.3) is 6.08 Å². The van der Waals surface area contributed by atoms with Gasteiger partial charge in [-0.05, 0) is 43.7 Å². The van der Waals surface area contributed by atoms with Gasteiger partial charge in [-0.1, -0.05) is 11.3 Å². The first-order chi connectivity index (χ1) is 13.5. The molecule has 0 aliphatic heterocycles. The standard InChI is InChI=1S/C18H20F2N2O5S2/c1-11(16(19)20)9-10-27-17(23)15-12(2)21-18(28-15)22(29(4,24)25)13-5-7-14(26-3)8-6-13/h5-8H,9-10H2,1-4H3. The number of esters is 1. The van der Waals surface area contributed by atoms with Gasteiger partial charge in [-0.2, -0.15) is 8.78 Å². The molecule has 7 nitrogen and oxygen atoms in total. The van der Waals surface area contributed by atoms with E-state index in [0.717, 1.165) is 21.9 Å². The zero-order valence-corrected chi connectivity index (χ0v) is 17.9. The molecule has 11 heteroatoms. The monoisotopic (exact) mass is 446 g/mol. The van der Waals surface area contributed by atoms with Crippen LogP contribution in [0.1, 0.15) is 28.7 Å². The van der Waals surface area contributed by atoms with Crippen LogP contribution in [-0.4, -0.2) is 39.3 Å². The van der Waals surface area contributed by atoms with Gasteiger partial charge in [0.1, 0.15) is 10.6 Å². The predicted octanol–water partition coefficient (Wildman–Crippen LogP) is 4.28. The van der Waals surface area contributed by atoms with E-state index in [1.807, 2.05) is 0 Å². The Labute approximate surface area is 171 Å². The summed E-state index contributed by atoms with van der Waals surface area (Å²) in [5.74, 6) is -0.197. The molecule has 158 valence electrons. The van der Waals surface area contributed by atoms with Crippen molar-refractivity contribution in [1.82, 2.24) is 4.98 Å². The lowest BCUT2D eigenvalue weighted by atomic mass is 10.2. The smallest absolute Gasteiger partial charge is 0.350 e. The topological polar surface area (TPSA) is 85.8 Å². The van der Waals surface area contributed by atoms with Crippen LogP contribution < -0.4 is 9.04 Å². The second kappa shape index (κ2) is 9.31. The summed E-state index contributed by atoms with van der Waals surface area (Å²) < 4.78 is 60.6. The van der Waals surface area contributed by atoms with Crippen LogP contribution in [0.4, 0.5) is 19.6 Å². The van der Waals surface area contributed by atoms with Crippen molar-refractivity contribution in [2.45, 2.75) is 20.3 Å². The molecule has 0 atom stereocenters. The summed E-state index contributed by atoms with van der Waals surface area (Å²) in [4.78, 5) is 16.6. The number of halogens is 2. The third-order valence-corrected chi connectivity index (χ3v) is 6.10. The van der Waals surface area contributed by atoms with Gasteiger partial charge in [0.05, 0.1) is 31.4 Å². The molecule has 2 rings (SSSR count). The van der Waals surface area contributed by atoms with Crippen molar-refractivity contribution in [2.75, 3.05) is 24.3 Å². The minimum atomic E-state index is -3.76. The van der Waals surface area contributed by atoms with Crippen molar-refractivity contribution >= 4 is 38.1 Å². The number of hydrogen-bond acceptors (Lipinski definition) is 7. The van der Waals surface area contributed by atoms with Crippen LogP contribution in [-0.2, 0) is 14.8 Å². The van der Waals surface area contributed by atoms with E-state index >= 15 is 0 Å². The molecule has 0 saturated carbocycles. The van der Waals surface area contributed by atoms with Gasteiger partial charge in [-0.3, -0.25) is 0 Å². The summed E-state index contributed by atoms with van der Waals surface area (Å²) in [5.41, 5.74) is 0.435. The Balaban J connectivity index is 2.28. The summed E-state index contributed by atoms with van der Waals surface area (Å²) in [6, 6.07) is 6.30. The van der Waals surface area contributed by atoms with E-state index < -0.39 is 22.1 Å². The van der Waals surface area contributed by atoms with Gasteiger partial charge in [0.2, 0.25) is 15.2 Å². The van der Waals surface area contributed by atoms with Crippen LogP contribution in [0.15, 0.2) is 35.9 Å². The molecular weight excluding hydrogens is 426 g/mol. The highest BCUT2D eigenvalue weighted by atomic mass is 32.2. The Morgan fingerprint density at radius 2 is 1.86 bits per heavy atom. The van der Waals surface area contributed by atoms with Gasteiger partial charge < -0.3 is 9.47 Å². The third-order valence-electron chi connectivity index (χ3n) is 3.82. The van der Waals surface area contributed by atoms with Crippen LogP contribution in [0.3, 0.4) is 0 Å². The maximum Gasteiger partial charge on any atom is 0.350 e. The first-order valence-electron chi connectivity index (χ1n) is 8.34. The normalized spacial score (nSPS) is 11.1. The van der Waals surface area contributed by atoms with Gasteiger partial charge in [0.15, 0.2) is 0 Å². The summed E-state index contributed by atoms with van der Waals surface area (Å²) in [7, 11) is -2.27. The molecule has 0 fully saturated rings. The van der Waals surface area contributed by atoms with Gasteiger partial charge in [-0.25, -0.2) is 22.5 Å². The number of thiazole rings is 1. The predicted molar refractivity (Wildman–Crippen MR) is 107 cm³/mol. The van der Waals surface area contributed by atoms with E-state index in [-0.39, 0.29) is 34.3 Å². The molecule has 1 aromatic heterocycles. The Morgan fingerprint density at radius 3 is 2.38 bits per heavy atom. The zero-order valence-electron chi connectivity index (χ0n) is 16.2. The van der Waals surface area contributed by atoms with Crippen molar-refractivity contribution in [3.8, 4) is 5.75 Å². The molecule has 0 aliphatic carbocycles. The molecule has 29 heavy (non-hydrogen) atoms. The second-order valence-electron chi connectivity index (χ2n) is 6.06. The zero-order chi connectivity index (χ0) is 21.8. The molecule has 0 N–H and O–H groups in total. The Bertz CT molecular complexity index is 1010. The van der Waals surface area contributed by atoms with E-state index in [9.17, 15) is 22.0 Å². The summed E-state index contributed by atoms with van der Waals surface area (Å²) in [5, 5.41) is 0.0630. The van der Waals surface area contributed by atoms with Crippen molar-refractivity contribution < 1.29 is 31.5 Å². The fraction of sp³-hybridized carbons (Fsp3) is 0.333. The second-order valence-corrected chi connectivity index (χ2v) is 8.87. The largest absolute Gasteiger partial charge is 0.497 e. The van der Waals surface area contributed by atoms with E-state index in [2.05, 4.69) is 4.98 Å². The molecule has 0 unspecified atom stereocenters. The number of hydrogen-bond donors (Lipinski definition) is 0. The molecule has 1 heterocycles. The quantitative estimate of drug-likeness (QED) is 0.563. The number of carbonyl (C=O) groups is 1. The molecular formula is C18H20F2N2O5S2. The fourth-order valence-corrected chi connectivity index (χ4v) is 4.51. The number of aryl methyl sites for hydroxylation is 1. The van der Waals surface area contributed by atoms with E-state index in [4.69, 9.17) is 9.47 Å². The van der Waals surface area contributed by atoms with Crippen molar-refractivity contribution in [3.63, 3.8) is 0 Å². The first-order valence-corrected chi connectivity index (χ1v) is 11.0. The number of sulfonamides is 1. The molecule has 0 radical (unpaired) electrons.